The summed E-state index contributed by atoms with van der Waals surface area (Å²) in [7, 11) is 0. The summed E-state index contributed by atoms with van der Waals surface area (Å²) in [6.45, 7) is 3.03. The van der Waals surface area contributed by atoms with Crippen LogP contribution in [0.5, 0.6) is 5.75 Å². The number of hydrogen-bond acceptors (Lipinski definition) is 4. The summed E-state index contributed by atoms with van der Waals surface area (Å²) in [4.78, 5) is 27.8. The standard InChI is InChI=1S/C21H27N3O3.ClH/c25-19-3-1-2-17-15-9-16(12-22-11-15)20(24(17)19)21(26)23-10-13-4-5-18-14(8-13)6-7-27-18;/h4-5,8,15-17,20,22H,1-3,6-7,9-12H2,(H,23,26);1H/t15-,16+,17+,20-;/m1./s1. The van der Waals surface area contributed by atoms with Gasteiger partial charge in [0.15, 0.2) is 0 Å². The van der Waals surface area contributed by atoms with Crippen molar-refractivity contribution < 1.29 is 14.3 Å². The highest BCUT2D eigenvalue weighted by molar-refractivity contribution is 5.89. The molecule has 0 aliphatic carbocycles. The van der Waals surface area contributed by atoms with Crippen LogP contribution in [0.1, 0.15) is 36.8 Å². The minimum atomic E-state index is -0.329. The second-order valence-electron chi connectivity index (χ2n) is 8.38. The Kier molecular flexibility index (Phi) is 5.52. The topological polar surface area (TPSA) is 70.7 Å². The number of halogens is 1. The Morgan fingerprint density at radius 3 is 3.00 bits per heavy atom. The Labute approximate surface area is 171 Å². The van der Waals surface area contributed by atoms with Crippen molar-refractivity contribution in [2.75, 3.05) is 19.7 Å². The number of carbonyl (C=O) groups excluding carboxylic acids is 2. The number of fused-ring (bicyclic) bond motifs is 5. The molecule has 3 saturated heterocycles. The van der Waals surface area contributed by atoms with Crippen LogP contribution in [0.3, 0.4) is 0 Å². The van der Waals surface area contributed by atoms with Crippen molar-refractivity contribution >= 4 is 24.2 Å². The fourth-order valence-electron chi connectivity index (χ4n) is 5.49. The van der Waals surface area contributed by atoms with Crippen molar-refractivity contribution in [3.05, 3.63) is 29.3 Å². The van der Waals surface area contributed by atoms with Crippen molar-refractivity contribution in [1.29, 1.82) is 0 Å². The van der Waals surface area contributed by atoms with E-state index in [-0.39, 0.29) is 42.2 Å². The van der Waals surface area contributed by atoms with Crippen molar-refractivity contribution in [2.24, 2.45) is 11.8 Å². The van der Waals surface area contributed by atoms with Crippen LogP contribution >= 0.6 is 12.4 Å². The van der Waals surface area contributed by atoms with Gasteiger partial charge in [-0.1, -0.05) is 12.1 Å². The molecule has 4 aliphatic heterocycles. The van der Waals surface area contributed by atoms with E-state index in [1.807, 2.05) is 17.0 Å². The lowest BCUT2D eigenvalue weighted by molar-refractivity contribution is -0.157. The summed E-state index contributed by atoms with van der Waals surface area (Å²) in [5, 5.41) is 6.60. The third kappa shape index (κ3) is 3.37. The van der Waals surface area contributed by atoms with Crippen LogP contribution in [0.25, 0.3) is 0 Å². The molecule has 2 bridgehead atoms. The number of nitrogens with one attached hydrogen (secondary N) is 2. The third-order valence-corrected chi connectivity index (χ3v) is 6.73. The zero-order valence-corrected chi connectivity index (χ0v) is 16.8. The highest BCUT2D eigenvalue weighted by Gasteiger charge is 2.50. The van der Waals surface area contributed by atoms with E-state index in [0.29, 0.717) is 18.9 Å². The smallest absolute Gasteiger partial charge is 0.243 e. The molecule has 0 saturated carbocycles. The Morgan fingerprint density at radius 2 is 2.11 bits per heavy atom. The quantitative estimate of drug-likeness (QED) is 0.802. The van der Waals surface area contributed by atoms with Crippen LogP contribution in [-0.2, 0) is 22.6 Å². The van der Waals surface area contributed by atoms with Gasteiger partial charge in [-0.3, -0.25) is 9.59 Å². The molecule has 2 amide bonds. The molecule has 28 heavy (non-hydrogen) atoms. The van der Waals surface area contributed by atoms with Crippen LogP contribution in [0, 0.1) is 11.8 Å². The lowest BCUT2D eigenvalue weighted by Gasteiger charge is -2.53. The number of piperidine rings is 3. The van der Waals surface area contributed by atoms with E-state index in [0.717, 1.165) is 56.7 Å². The normalized spacial score (nSPS) is 30.6. The fourth-order valence-corrected chi connectivity index (χ4v) is 5.49. The molecular weight excluding hydrogens is 378 g/mol. The minimum Gasteiger partial charge on any atom is -0.493 e. The molecule has 4 heterocycles. The monoisotopic (exact) mass is 405 g/mol. The molecule has 4 atom stereocenters. The molecule has 1 aromatic rings. The Hall–Kier alpha value is -1.79. The maximum absolute atomic E-state index is 13.1. The van der Waals surface area contributed by atoms with Gasteiger partial charge < -0.3 is 20.3 Å². The number of carbonyl (C=O) groups is 2. The van der Waals surface area contributed by atoms with Crippen LogP contribution in [0.15, 0.2) is 18.2 Å². The number of nitrogens with zero attached hydrogens (tertiary/aromatic N) is 1. The Balaban J connectivity index is 0.00000192. The molecule has 3 fully saturated rings. The average molecular weight is 406 g/mol. The van der Waals surface area contributed by atoms with E-state index < -0.39 is 0 Å². The SMILES string of the molecule is Cl.O=C(NCc1ccc2c(c1)CCO2)[C@H]1[C@@H]2CNC[C@@H](C2)[C@@H]2CCCC(=O)N21. The van der Waals surface area contributed by atoms with Gasteiger partial charge in [0, 0.05) is 37.9 Å². The first-order valence-electron chi connectivity index (χ1n) is 10.2. The van der Waals surface area contributed by atoms with Crippen molar-refractivity contribution in [3.8, 4) is 5.75 Å². The largest absolute Gasteiger partial charge is 0.493 e. The van der Waals surface area contributed by atoms with Crippen LogP contribution in [0.2, 0.25) is 0 Å². The predicted molar refractivity (Wildman–Crippen MR) is 107 cm³/mol. The van der Waals surface area contributed by atoms with Gasteiger partial charge in [0.05, 0.1) is 6.61 Å². The van der Waals surface area contributed by atoms with E-state index in [1.165, 1.54) is 5.56 Å². The van der Waals surface area contributed by atoms with E-state index in [4.69, 9.17) is 4.74 Å². The van der Waals surface area contributed by atoms with Crippen LogP contribution in [0.4, 0.5) is 0 Å². The second-order valence-corrected chi connectivity index (χ2v) is 8.38. The molecule has 152 valence electrons. The van der Waals surface area contributed by atoms with Gasteiger partial charge in [-0.15, -0.1) is 12.4 Å². The zero-order chi connectivity index (χ0) is 18.4. The first kappa shape index (κ1) is 19.5. The molecule has 0 radical (unpaired) electrons. The molecule has 4 aliphatic rings. The molecule has 0 unspecified atom stereocenters. The molecule has 5 rings (SSSR count). The average Bonchev–Trinajstić information content (AvgIpc) is 3.15. The molecule has 1 aromatic carbocycles. The maximum atomic E-state index is 13.1. The van der Waals surface area contributed by atoms with Crippen molar-refractivity contribution in [2.45, 2.75) is 50.7 Å². The maximum Gasteiger partial charge on any atom is 0.243 e. The summed E-state index contributed by atoms with van der Waals surface area (Å²) in [5.74, 6) is 1.83. The van der Waals surface area contributed by atoms with Crippen molar-refractivity contribution in [3.63, 3.8) is 0 Å². The van der Waals surface area contributed by atoms with Gasteiger partial charge in [-0.05, 0) is 48.9 Å². The summed E-state index contributed by atoms with van der Waals surface area (Å²) in [5.41, 5.74) is 2.30. The van der Waals surface area contributed by atoms with Crippen LogP contribution in [-0.4, -0.2) is 48.5 Å². The molecule has 0 aromatic heterocycles. The summed E-state index contributed by atoms with van der Waals surface area (Å²) < 4.78 is 5.55. The Bertz CT molecular complexity index is 771. The number of amides is 2. The molecule has 2 N–H and O–H groups in total. The van der Waals surface area contributed by atoms with Crippen LogP contribution < -0.4 is 15.4 Å². The lowest BCUT2D eigenvalue weighted by Crippen LogP contribution is -2.67. The number of hydrogen-bond donors (Lipinski definition) is 2. The molecule has 7 heteroatoms. The number of rotatable bonds is 3. The van der Waals surface area contributed by atoms with Gasteiger partial charge in [0.2, 0.25) is 11.8 Å². The first-order valence-corrected chi connectivity index (χ1v) is 10.2. The molecular formula is C21H28ClN3O3. The zero-order valence-electron chi connectivity index (χ0n) is 16.0. The summed E-state index contributed by atoms with van der Waals surface area (Å²) in [6, 6.07) is 6.02. The lowest BCUT2D eigenvalue weighted by atomic mass is 9.72. The number of ether oxygens (including phenoxy) is 1. The highest BCUT2D eigenvalue weighted by Crippen LogP contribution is 2.39. The van der Waals surface area contributed by atoms with Gasteiger partial charge in [-0.2, -0.15) is 0 Å². The minimum absolute atomic E-state index is 0. The summed E-state index contributed by atoms with van der Waals surface area (Å²) in [6.07, 6.45) is 4.54. The van der Waals surface area contributed by atoms with E-state index in [9.17, 15) is 9.59 Å². The van der Waals surface area contributed by atoms with Crippen molar-refractivity contribution in [1.82, 2.24) is 15.5 Å². The summed E-state index contributed by atoms with van der Waals surface area (Å²) >= 11 is 0. The third-order valence-electron chi connectivity index (χ3n) is 6.73. The fraction of sp³-hybridized carbons (Fsp3) is 0.619. The van der Waals surface area contributed by atoms with E-state index in [2.05, 4.69) is 16.7 Å². The predicted octanol–water partition coefficient (Wildman–Crippen LogP) is 1.65. The van der Waals surface area contributed by atoms with Gasteiger partial charge in [-0.25, -0.2) is 0 Å². The van der Waals surface area contributed by atoms with Gasteiger partial charge >= 0.3 is 0 Å². The second kappa shape index (κ2) is 7.91. The van der Waals surface area contributed by atoms with E-state index >= 15 is 0 Å². The Morgan fingerprint density at radius 1 is 1.25 bits per heavy atom. The first-order chi connectivity index (χ1) is 13.2. The van der Waals surface area contributed by atoms with Gasteiger partial charge in [0.25, 0.3) is 0 Å². The van der Waals surface area contributed by atoms with Gasteiger partial charge in [0.1, 0.15) is 11.8 Å². The highest BCUT2D eigenvalue weighted by atomic mass is 35.5. The molecule has 0 spiro atoms. The van der Waals surface area contributed by atoms with E-state index in [1.54, 1.807) is 0 Å². The number of benzene rings is 1. The molecule has 6 nitrogen and oxygen atoms in total.